The van der Waals surface area contributed by atoms with Crippen LogP contribution in [0, 0.1) is 0 Å². The van der Waals surface area contributed by atoms with Crippen molar-refractivity contribution in [3.8, 4) is 0 Å². The Morgan fingerprint density at radius 2 is 2.05 bits per heavy atom. The first-order valence-corrected chi connectivity index (χ1v) is 7.73. The van der Waals surface area contributed by atoms with Gasteiger partial charge < -0.3 is 15.3 Å². The minimum absolute atomic E-state index is 0.107. The number of aliphatic hydroxyl groups is 1. The molecule has 0 bridgehead atoms. The summed E-state index contributed by atoms with van der Waals surface area (Å²) in [7, 11) is 4.16. The van der Waals surface area contributed by atoms with E-state index in [0.29, 0.717) is 6.04 Å². The van der Waals surface area contributed by atoms with E-state index in [1.54, 1.807) is 0 Å². The summed E-state index contributed by atoms with van der Waals surface area (Å²) >= 11 is 0. The van der Waals surface area contributed by atoms with Crippen LogP contribution in [0.2, 0.25) is 0 Å². The van der Waals surface area contributed by atoms with E-state index in [0.717, 1.165) is 6.42 Å². The van der Waals surface area contributed by atoms with Crippen LogP contribution in [0.1, 0.15) is 39.5 Å². The molecule has 0 amide bonds. The highest BCUT2D eigenvalue weighted by Gasteiger charge is 2.21. The molecule has 1 saturated heterocycles. The molecule has 2 atom stereocenters. The lowest BCUT2D eigenvalue weighted by Crippen LogP contribution is -2.43. The summed E-state index contributed by atoms with van der Waals surface area (Å²) in [6, 6.07) is 0.668. The average molecular weight is 271 g/mol. The van der Waals surface area contributed by atoms with Crippen molar-refractivity contribution < 1.29 is 5.11 Å². The summed E-state index contributed by atoms with van der Waals surface area (Å²) in [5.74, 6) is 0. The van der Waals surface area contributed by atoms with Crippen molar-refractivity contribution in [3.05, 3.63) is 0 Å². The molecular weight excluding hydrogens is 238 g/mol. The van der Waals surface area contributed by atoms with E-state index in [-0.39, 0.29) is 12.1 Å². The molecule has 0 aromatic heterocycles. The monoisotopic (exact) mass is 271 g/mol. The van der Waals surface area contributed by atoms with Crippen molar-refractivity contribution in [2.75, 3.05) is 46.9 Å². The maximum absolute atomic E-state index is 9.36. The zero-order valence-corrected chi connectivity index (χ0v) is 13.3. The molecule has 2 unspecified atom stereocenters. The predicted octanol–water partition coefficient (Wildman–Crippen LogP) is 1.15. The molecule has 4 heteroatoms. The second-order valence-electron chi connectivity index (χ2n) is 6.43. The Bertz CT molecular complexity index is 244. The van der Waals surface area contributed by atoms with Gasteiger partial charge in [0, 0.05) is 18.1 Å². The zero-order chi connectivity index (χ0) is 14.3. The Balaban J connectivity index is 2.24. The zero-order valence-electron chi connectivity index (χ0n) is 13.3. The summed E-state index contributed by atoms with van der Waals surface area (Å²) in [5.41, 5.74) is -0.107. The van der Waals surface area contributed by atoms with Crippen molar-refractivity contribution in [2.45, 2.75) is 51.1 Å². The summed E-state index contributed by atoms with van der Waals surface area (Å²) in [5, 5.41) is 12.6. The Morgan fingerprint density at radius 3 is 2.68 bits per heavy atom. The molecule has 2 N–H and O–H groups in total. The van der Waals surface area contributed by atoms with E-state index in [2.05, 4.69) is 36.0 Å². The van der Waals surface area contributed by atoms with Gasteiger partial charge in [0.1, 0.15) is 0 Å². The number of rotatable bonds is 7. The van der Waals surface area contributed by atoms with Crippen LogP contribution in [0.5, 0.6) is 0 Å². The summed E-state index contributed by atoms with van der Waals surface area (Å²) in [6.07, 6.45) is 4.73. The second-order valence-corrected chi connectivity index (χ2v) is 6.43. The largest absolute Gasteiger partial charge is 0.394 e. The van der Waals surface area contributed by atoms with Gasteiger partial charge in [-0.3, -0.25) is 4.90 Å². The van der Waals surface area contributed by atoms with Crippen molar-refractivity contribution in [2.24, 2.45) is 0 Å². The minimum Gasteiger partial charge on any atom is -0.394 e. The fraction of sp³-hybridized carbons (Fsp3) is 1.00. The highest BCUT2D eigenvalue weighted by atomic mass is 16.3. The Hall–Kier alpha value is -0.160. The fourth-order valence-electron chi connectivity index (χ4n) is 2.87. The van der Waals surface area contributed by atoms with Crippen LogP contribution in [0.3, 0.4) is 0 Å². The molecule has 0 spiro atoms. The first-order valence-electron chi connectivity index (χ1n) is 7.73. The molecule has 1 fully saturated rings. The summed E-state index contributed by atoms with van der Waals surface area (Å²) in [6.45, 7) is 9.49. The number of unbranched alkanes of at least 4 members (excludes halogenated alkanes) is 1. The van der Waals surface area contributed by atoms with E-state index < -0.39 is 0 Å². The van der Waals surface area contributed by atoms with Crippen LogP contribution in [0.25, 0.3) is 0 Å². The smallest absolute Gasteiger partial charge is 0.0610 e. The van der Waals surface area contributed by atoms with E-state index in [9.17, 15) is 5.11 Å². The number of nitrogens with zero attached hydrogens (tertiary/aromatic N) is 2. The molecule has 1 heterocycles. The third kappa shape index (κ3) is 5.78. The summed E-state index contributed by atoms with van der Waals surface area (Å²) in [4.78, 5) is 5.06. The van der Waals surface area contributed by atoms with Gasteiger partial charge in [-0.15, -0.1) is 0 Å². The van der Waals surface area contributed by atoms with Gasteiger partial charge in [-0.05, 0) is 66.8 Å². The molecular formula is C15H33N3O. The van der Waals surface area contributed by atoms with Gasteiger partial charge in [0.15, 0.2) is 0 Å². The first kappa shape index (κ1) is 16.9. The first-order chi connectivity index (χ1) is 9.00. The number of likely N-dealkylation sites (N-methyl/N-ethyl adjacent to an activating group) is 2. The third-order valence-electron chi connectivity index (χ3n) is 4.56. The minimum atomic E-state index is -0.107. The lowest BCUT2D eigenvalue weighted by molar-refractivity contribution is 0.163. The molecule has 0 aliphatic carbocycles. The van der Waals surface area contributed by atoms with Gasteiger partial charge in [0.05, 0.1) is 6.61 Å². The van der Waals surface area contributed by atoms with E-state index in [1.807, 2.05) is 7.05 Å². The number of nitrogens with one attached hydrogen (secondary N) is 1. The number of aliphatic hydroxyl groups excluding tert-OH is 1. The molecule has 0 saturated carbocycles. The maximum Gasteiger partial charge on any atom is 0.0610 e. The normalized spacial score (nSPS) is 26.1. The van der Waals surface area contributed by atoms with Crippen LogP contribution in [-0.4, -0.2) is 73.4 Å². The Morgan fingerprint density at radius 1 is 1.32 bits per heavy atom. The Kier molecular flexibility index (Phi) is 7.29. The van der Waals surface area contributed by atoms with Gasteiger partial charge in [-0.2, -0.15) is 0 Å². The Labute approximate surface area is 119 Å². The van der Waals surface area contributed by atoms with Gasteiger partial charge in [-0.1, -0.05) is 6.42 Å². The SMILES string of the molecule is CNC(C)(CO)CCCCN1CCCN(C)CC1C. The van der Waals surface area contributed by atoms with Gasteiger partial charge in [-0.25, -0.2) is 0 Å². The second kappa shape index (κ2) is 8.20. The molecule has 1 rings (SSSR count). The quantitative estimate of drug-likeness (QED) is 0.682. The highest BCUT2D eigenvalue weighted by Crippen LogP contribution is 2.15. The van der Waals surface area contributed by atoms with Crippen molar-refractivity contribution >= 4 is 0 Å². The van der Waals surface area contributed by atoms with Gasteiger partial charge in [0.2, 0.25) is 0 Å². The molecule has 0 aromatic carbocycles. The van der Waals surface area contributed by atoms with Crippen LogP contribution in [0.4, 0.5) is 0 Å². The van der Waals surface area contributed by atoms with E-state index in [1.165, 1.54) is 45.4 Å². The average Bonchev–Trinajstić information content (AvgIpc) is 2.55. The number of hydrogen-bond donors (Lipinski definition) is 2. The van der Waals surface area contributed by atoms with Crippen LogP contribution < -0.4 is 5.32 Å². The van der Waals surface area contributed by atoms with Crippen molar-refractivity contribution in [3.63, 3.8) is 0 Å². The van der Waals surface area contributed by atoms with Crippen LogP contribution in [0.15, 0.2) is 0 Å². The molecule has 114 valence electrons. The highest BCUT2D eigenvalue weighted by molar-refractivity contribution is 4.81. The summed E-state index contributed by atoms with van der Waals surface area (Å²) < 4.78 is 0. The lowest BCUT2D eigenvalue weighted by Gasteiger charge is -2.29. The topological polar surface area (TPSA) is 38.7 Å². The van der Waals surface area contributed by atoms with E-state index in [4.69, 9.17) is 0 Å². The molecule has 19 heavy (non-hydrogen) atoms. The van der Waals surface area contributed by atoms with Crippen molar-refractivity contribution in [1.29, 1.82) is 0 Å². The van der Waals surface area contributed by atoms with Crippen LogP contribution >= 0.6 is 0 Å². The molecule has 0 aromatic rings. The van der Waals surface area contributed by atoms with Gasteiger partial charge in [0.25, 0.3) is 0 Å². The van der Waals surface area contributed by atoms with E-state index >= 15 is 0 Å². The predicted molar refractivity (Wildman–Crippen MR) is 81.6 cm³/mol. The molecule has 4 nitrogen and oxygen atoms in total. The molecule has 0 radical (unpaired) electrons. The third-order valence-corrected chi connectivity index (χ3v) is 4.56. The fourth-order valence-corrected chi connectivity index (χ4v) is 2.87. The number of hydrogen-bond acceptors (Lipinski definition) is 4. The van der Waals surface area contributed by atoms with Crippen LogP contribution in [-0.2, 0) is 0 Å². The van der Waals surface area contributed by atoms with Crippen molar-refractivity contribution in [1.82, 2.24) is 15.1 Å². The molecule has 1 aliphatic heterocycles. The standard InChI is InChI=1S/C15H33N3O/c1-14-12-17(4)9-7-11-18(14)10-6-5-8-15(2,13-19)16-3/h14,16,19H,5-13H2,1-4H3. The lowest BCUT2D eigenvalue weighted by atomic mass is 9.96. The van der Waals surface area contributed by atoms with Gasteiger partial charge >= 0.3 is 0 Å². The maximum atomic E-state index is 9.36. The molecule has 1 aliphatic rings.